The van der Waals surface area contributed by atoms with Crippen LogP contribution < -0.4 is 5.73 Å². The first-order valence-corrected chi connectivity index (χ1v) is 10.4. The van der Waals surface area contributed by atoms with Crippen LogP contribution in [0.25, 0.3) is 22.8 Å². The van der Waals surface area contributed by atoms with Gasteiger partial charge in [-0.05, 0) is 73.1 Å². The number of halogens is 1. The summed E-state index contributed by atoms with van der Waals surface area (Å²) in [6, 6.07) is 19.0. The lowest BCUT2D eigenvalue weighted by molar-refractivity contribution is 0.631. The van der Waals surface area contributed by atoms with Crippen molar-refractivity contribution >= 4 is 25.3 Å². The Morgan fingerprint density at radius 2 is 1.90 bits per heavy atom. The molecule has 1 aromatic heterocycles. The maximum atomic E-state index is 14.6. The van der Waals surface area contributed by atoms with E-state index in [0.717, 1.165) is 45.8 Å². The minimum absolute atomic E-state index is 0.233. The smallest absolute Gasteiger partial charge is 0.223 e. The molecule has 0 saturated heterocycles. The van der Waals surface area contributed by atoms with Gasteiger partial charge in [0, 0.05) is 16.8 Å². The van der Waals surface area contributed by atoms with Crippen molar-refractivity contribution in [3.05, 3.63) is 107 Å². The highest BCUT2D eigenvalue weighted by Crippen LogP contribution is 2.31. The summed E-state index contributed by atoms with van der Waals surface area (Å²) in [7, 11) is 2.03. The van der Waals surface area contributed by atoms with E-state index in [9.17, 15) is 4.39 Å². The Morgan fingerprint density at radius 1 is 1.10 bits per heavy atom. The molecule has 0 atom stereocenters. The first-order chi connectivity index (χ1) is 15.1. The molecule has 2 aromatic carbocycles. The van der Waals surface area contributed by atoms with Crippen molar-refractivity contribution in [2.24, 2.45) is 10.7 Å². The number of nitrogens with zero attached hydrogens (tertiary/aromatic N) is 2. The summed E-state index contributed by atoms with van der Waals surface area (Å²) in [4.78, 5) is 4.84. The molecule has 1 aliphatic rings. The average Bonchev–Trinajstić information content (AvgIpc) is 3.36. The molecule has 0 bridgehead atoms. The standard InChI is InChI=1S/C26H25BFN3/c1-18-16-21(30-26(18)23(13-14-29)25-8-5-15-31(25)27)11-9-19-10-12-22(24(28)17-19)20-6-3-2-4-7-20/h2-12,15-17H,13-14,27,29H2,1H3/b11-9+,26-23-. The molecule has 154 valence electrons. The highest BCUT2D eigenvalue weighted by molar-refractivity contribution is 6.11. The van der Waals surface area contributed by atoms with Crippen molar-refractivity contribution in [1.82, 2.24) is 4.48 Å². The largest absolute Gasteiger partial charge is 0.399 e. The Hall–Kier alpha value is -3.44. The number of benzene rings is 2. The fourth-order valence-corrected chi connectivity index (χ4v) is 3.89. The van der Waals surface area contributed by atoms with Crippen LogP contribution in [0.3, 0.4) is 0 Å². The van der Waals surface area contributed by atoms with Gasteiger partial charge in [-0.1, -0.05) is 48.5 Å². The van der Waals surface area contributed by atoms with E-state index >= 15 is 0 Å². The lowest BCUT2D eigenvalue weighted by Crippen LogP contribution is -2.05. The molecule has 1 aliphatic heterocycles. The second-order valence-electron chi connectivity index (χ2n) is 7.67. The van der Waals surface area contributed by atoms with Crippen LogP contribution in [-0.4, -0.2) is 24.7 Å². The maximum Gasteiger partial charge on any atom is 0.223 e. The summed E-state index contributed by atoms with van der Waals surface area (Å²) >= 11 is 0. The number of rotatable bonds is 6. The molecule has 4 rings (SSSR count). The third kappa shape index (κ3) is 4.52. The first kappa shape index (κ1) is 20.8. The van der Waals surface area contributed by atoms with E-state index in [2.05, 4.69) is 23.5 Å². The molecule has 0 saturated carbocycles. The van der Waals surface area contributed by atoms with Crippen molar-refractivity contribution in [3.63, 3.8) is 0 Å². The van der Waals surface area contributed by atoms with Crippen LogP contribution in [0.2, 0.25) is 0 Å². The predicted octanol–water partition coefficient (Wildman–Crippen LogP) is 4.86. The van der Waals surface area contributed by atoms with Crippen LogP contribution in [0, 0.1) is 5.82 Å². The van der Waals surface area contributed by atoms with Gasteiger partial charge in [-0.2, -0.15) is 0 Å². The molecule has 0 aliphatic carbocycles. The van der Waals surface area contributed by atoms with Crippen molar-refractivity contribution in [2.45, 2.75) is 13.3 Å². The van der Waals surface area contributed by atoms with Gasteiger partial charge >= 0.3 is 0 Å². The Morgan fingerprint density at radius 3 is 2.58 bits per heavy atom. The van der Waals surface area contributed by atoms with E-state index in [0.29, 0.717) is 12.1 Å². The summed E-state index contributed by atoms with van der Waals surface area (Å²) in [5.41, 5.74) is 13.3. The predicted molar refractivity (Wildman–Crippen MR) is 131 cm³/mol. The van der Waals surface area contributed by atoms with E-state index in [1.165, 1.54) is 0 Å². The summed E-state index contributed by atoms with van der Waals surface area (Å²) < 4.78 is 16.7. The number of aliphatic imine (C=N–C) groups is 1. The third-order valence-corrected chi connectivity index (χ3v) is 5.44. The minimum atomic E-state index is -0.233. The zero-order valence-electron chi connectivity index (χ0n) is 17.8. The lowest BCUT2D eigenvalue weighted by atomic mass is 10.0. The van der Waals surface area contributed by atoms with Gasteiger partial charge in [0.25, 0.3) is 0 Å². The summed E-state index contributed by atoms with van der Waals surface area (Å²) in [5.74, 6) is -0.233. The molecule has 0 unspecified atom stereocenters. The zero-order valence-corrected chi connectivity index (χ0v) is 17.8. The number of hydrogen-bond donors (Lipinski definition) is 1. The van der Waals surface area contributed by atoms with Crippen LogP contribution >= 0.6 is 0 Å². The van der Waals surface area contributed by atoms with Gasteiger partial charge in [-0.15, -0.1) is 0 Å². The fourth-order valence-electron chi connectivity index (χ4n) is 3.89. The monoisotopic (exact) mass is 409 g/mol. The van der Waals surface area contributed by atoms with Gasteiger partial charge < -0.3 is 10.2 Å². The van der Waals surface area contributed by atoms with Gasteiger partial charge in [0.2, 0.25) is 7.98 Å². The van der Waals surface area contributed by atoms with Crippen molar-refractivity contribution in [2.75, 3.05) is 6.54 Å². The van der Waals surface area contributed by atoms with Gasteiger partial charge in [0.05, 0.1) is 11.4 Å². The van der Waals surface area contributed by atoms with E-state index in [-0.39, 0.29) is 5.82 Å². The third-order valence-electron chi connectivity index (χ3n) is 5.44. The van der Waals surface area contributed by atoms with Crippen LogP contribution in [0.1, 0.15) is 24.6 Å². The molecule has 0 amide bonds. The Kier molecular flexibility index (Phi) is 6.14. The molecule has 3 nitrogen and oxygen atoms in total. The van der Waals surface area contributed by atoms with Gasteiger partial charge in [-0.25, -0.2) is 9.38 Å². The van der Waals surface area contributed by atoms with E-state index in [4.69, 9.17) is 10.7 Å². The van der Waals surface area contributed by atoms with E-state index in [1.807, 2.05) is 74.9 Å². The summed E-state index contributed by atoms with van der Waals surface area (Å²) in [6.07, 6.45) is 8.66. The average molecular weight is 409 g/mol. The van der Waals surface area contributed by atoms with Crippen LogP contribution in [0.4, 0.5) is 4.39 Å². The Bertz CT molecular complexity index is 1220. The van der Waals surface area contributed by atoms with Crippen molar-refractivity contribution < 1.29 is 4.39 Å². The fraction of sp³-hybridized carbons (Fsp3) is 0.115. The van der Waals surface area contributed by atoms with Gasteiger partial charge in [0.15, 0.2) is 0 Å². The SMILES string of the molecule is Bn1cccc1/C(CCN)=C1N=C(/C=C/c2ccc(-c3ccccc3)c(F)c2)C=C\1C. The van der Waals surface area contributed by atoms with Gasteiger partial charge in [0.1, 0.15) is 5.82 Å². The second-order valence-corrected chi connectivity index (χ2v) is 7.67. The Labute approximate surface area is 183 Å². The number of allylic oxidation sites excluding steroid dienone is 3. The molecule has 3 aromatic rings. The first-order valence-electron chi connectivity index (χ1n) is 10.4. The van der Waals surface area contributed by atoms with Crippen LogP contribution in [0.5, 0.6) is 0 Å². The quantitative estimate of drug-likeness (QED) is 0.581. The molecule has 0 spiro atoms. The van der Waals surface area contributed by atoms with Crippen molar-refractivity contribution in [1.29, 1.82) is 0 Å². The summed E-state index contributed by atoms with van der Waals surface area (Å²) in [6.45, 7) is 2.62. The van der Waals surface area contributed by atoms with Crippen LogP contribution in [0.15, 0.2) is 95.3 Å². The summed E-state index contributed by atoms with van der Waals surface area (Å²) in [5, 5.41) is 0. The minimum Gasteiger partial charge on any atom is -0.399 e. The van der Waals surface area contributed by atoms with E-state index < -0.39 is 0 Å². The van der Waals surface area contributed by atoms with Gasteiger partial charge in [-0.3, -0.25) is 0 Å². The number of hydrogen-bond acceptors (Lipinski definition) is 2. The molecule has 2 N–H and O–H groups in total. The Balaban J connectivity index is 1.61. The second kappa shape index (κ2) is 9.15. The molecular weight excluding hydrogens is 384 g/mol. The topological polar surface area (TPSA) is 43.3 Å². The molecule has 0 radical (unpaired) electrons. The van der Waals surface area contributed by atoms with Crippen LogP contribution in [-0.2, 0) is 0 Å². The molecule has 31 heavy (non-hydrogen) atoms. The lowest BCUT2D eigenvalue weighted by Gasteiger charge is -2.11. The maximum absolute atomic E-state index is 14.6. The normalized spacial score (nSPS) is 15.3. The highest BCUT2D eigenvalue weighted by Gasteiger charge is 2.17. The number of nitrogens with two attached hydrogens (primary N) is 1. The number of aromatic nitrogens is 1. The zero-order chi connectivity index (χ0) is 21.8. The highest BCUT2D eigenvalue weighted by atomic mass is 19.1. The molecular formula is C26H25BFN3. The molecule has 2 heterocycles. The molecule has 0 fully saturated rings. The van der Waals surface area contributed by atoms with Crippen molar-refractivity contribution in [3.8, 4) is 11.1 Å². The molecule has 5 heteroatoms. The van der Waals surface area contributed by atoms with E-state index in [1.54, 1.807) is 6.07 Å².